The molecule has 1 aliphatic carbocycles. The first-order valence-electron chi connectivity index (χ1n) is 8.03. The lowest BCUT2D eigenvalue weighted by molar-refractivity contribution is 0.0461. The molecule has 2 nitrogen and oxygen atoms in total. The zero-order valence-corrected chi connectivity index (χ0v) is 13.2. The van der Waals surface area contributed by atoms with Crippen molar-refractivity contribution in [2.24, 2.45) is 5.92 Å². The first kappa shape index (κ1) is 15.5. The van der Waals surface area contributed by atoms with Gasteiger partial charge in [-0.15, -0.1) is 0 Å². The highest BCUT2D eigenvalue weighted by Gasteiger charge is 2.30. The molecule has 1 atom stereocenters. The maximum Gasteiger partial charge on any atom is 0.0883 e. The maximum absolute atomic E-state index is 10.9. The fourth-order valence-electron chi connectivity index (χ4n) is 2.92. The van der Waals surface area contributed by atoms with Crippen LogP contribution in [-0.4, -0.2) is 18.2 Å². The molecule has 1 fully saturated rings. The van der Waals surface area contributed by atoms with Crippen LogP contribution in [0.15, 0.2) is 24.3 Å². The molecule has 1 aliphatic rings. The average molecular weight is 275 g/mol. The van der Waals surface area contributed by atoms with Gasteiger partial charge in [0.05, 0.1) is 5.60 Å². The molecule has 0 spiro atoms. The Balaban J connectivity index is 2.01. The Kier molecular flexibility index (Phi) is 5.22. The van der Waals surface area contributed by atoms with Gasteiger partial charge in [0.15, 0.2) is 0 Å². The average Bonchev–Trinajstić information content (AvgIpc) is 2.33. The van der Waals surface area contributed by atoms with Gasteiger partial charge in [-0.05, 0) is 62.2 Å². The van der Waals surface area contributed by atoms with E-state index in [1.54, 1.807) is 0 Å². The summed E-state index contributed by atoms with van der Waals surface area (Å²) in [6.45, 7) is 8.25. The Morgan fingerprint density at radius 1 is 1.30 bits per heavy atom. The summed E-state index contributed by atoms with van der Waals surface area (Å²) in [6.07, 6.45) is 4.65. The molecule has 0 amide bonds. The minimum Gasteiger partial charge on any atom is -0.385 e. The Labute approximate surface area is 123 Å². The van der Waals surface area contributed by atoms with Gasteiger partial charge in [-0.1, -0.05) is 44.5 Å². The van der Waals surface area contributed by atoms with Crippen molar-refractivity contribution < 1.29 is 5.11 Å². The van der Waals surface area contributed by atoms with E-state index in [-0.39, 0.29) is 0 Å². The van der Waals surface area contributed by atoms with Crippen molar-refractivity contribution in [2.45, 2.75) is 58.0 Å². The van der Waals surface area contributed by atoms with E-state index < -0.39 is 5.60 Å². The SMILES string of the molecule is CC(C)CNCCC(C)(O)c1ccccc1C1CCC1. The van der Waals surface area contributed by atoms with Crippen LogP contribution < -0.4 is 5.32 Å². The summed E-state index contributed by atoms with van der Waals surface area (Å²) in [5, 5.41) is 14.3. The van der Waals surface area contributed by atoms with E-state index in [4.69, 9.17) is 0 Å². The van der Waals surface area contributed by atoms with Crippen LogP contribution in [0.4, 0.5) is 0 Å². The third-order valence-corrected chi connectivity index (χ3v) is 4.43. The third kappa shape index (κ3) is 3.83. The van der Waals surface area contributed by atoms with Crippen molar-refractivity contribution in [3.8, 4) is 0 Å². The number of rotatable bonds is 7. The fraction of sp³-hybridized carbons (Fsp3) is 0.667. The first-order valence-corrected chi connectivity index (χ1v) is 8.03. The molecule has 2 N–H and O–H groups in total. The fourth-order valence-corrected chi connectivity index (χ4v) is 2.92. The maximum atomic E-state index is 10.9. The number of nitrogens with one attached hydrogen (secondary N) is 1. The molecular formula is C18H29NO. The molecule has 0 aromatic heterocycles. The zero-order chi connectivity index (χ0) is 14.6. The molecule has 0 aliphatic heterocycles. The van der Waals surface area contributed by atoms with Gasteiger partial charge in [0.25, 0.3) is 0 Å². The molecule has 0 saturated heterocycles. The third-order valence-electron chi connectivity index (χ3n) is 4.43. The van der Waals surface area contributed by atoms with Gasteiger partial charge in [-0.25, -0.2) is 0 Å². The molecule has 0 heterocycles. The Morgan fingerprint density at radius 2 is 2.00 bits per heavy atom. The van der Waals surface area contributed by atoms with Gasteiger partial charge >= 0.3 is 0 Å². The molecule has 1 aromatic rings. The molecular weight excluding hydrogens is 246 g/mol. The summed E-state index contributed by atoms with van der Waals surface area (Å²) in [5.41, 5.74) is 1.78. The molecule has 2 rings (SSSR count). The lowest BCUT2D eigenvalue weighted by atomic mass is 9.75. The van der Waals surface area contributed by atoms with E-state index in [0.29, 0.717) is 11.8 Å². The lowest BCUT2D eigenvalue weighted by Gasteiger charge is -2.33. The highest BCUT2D eigenvalue weighted by Crippen LogP contribution is 2.41. The van der Waals surface area contributed by atoms with E-state index in [2.05, 4.69) is 37.4 Å². The Hall–Kier alpha value is -0.860. The van der Waals surface area contributed by atoms with Crippen LogP contribution >= 0.6 is 0 Å². The van der Waals surface area contributed by atoms with Crippen molar-refractivity contribution in [1.29, 1.82) is 0 Å². The lowest BCUT2D eigenvalue weighted by Crippen LogP contribution is -2.31. The molecule has 0 bridgehead atoms. The van der Waals surface area contributed by atoms with Crippen LogP contribution in [0.2, 0.25) is 0 Å². The van der Waals surface area contributed by atoms with Gasteiger partial charge in [-0.2, -0.15) is 0 Å². The summed E-state index contributed by atoms with van der Waals surface area (Å²) in [6, 6.07) is 8.46. The van der Waals surface area contributed by atoms with Crippen LogP contribution in [0, 0.1) is 5.92 Å². The normalized spacial score (nSPS) is 18.9. The highest BCUT2D eigenvalue weighted by molar-refractivity contribution is 5.35. The molecule has 20 heavy (non-hydrogen) atoms. The van der Waals surface area contributed by atoms with Crippen molar-refractivity contribution in [3.63, 3.8) is 0 Å². The van der Waals surface area contributed by atoms with Gasteiger partial charge in [-0.3, -0.25) is 0 Å². The van der Waals surface area contributed by atoms with Crippen molar-refractivity contribution in [2.75, 3.05) is 13.1 Å². The topological polar surface area (TPSA) is 32.3 Å². The number of aliphatic hydroxyl groups is 1. The predicted octanol–water partition coefficient (Wildman–Crippen LogP) is 3.80. The van der Waals surface area contributed by atoms with Crippen LogP contribution in [0.3, 0.4) is 0 Å². The minimum atomic E-state index is -0.726. The first-order chi connectivity index (χ1) is 9.50. The van der Waals surface area contributed by atoms with Crippen LogP contribution in [-0.2, 0) is 5.60 Å². The van der Waals surface area contributed by atoms with E-state index in [0.717, 1.165) is 25.1 Å². The molecule has 1 aromatic carbocycles. The predicted molar refractivity (Wildman–Crippen MR) is 84.9 cm³/mol. The monoisotopic (exact) mass is 275 g/mol. The van der Waals surface area contributed by atoms with E-state index in [1.165, 1.54) is 24.8 Å². The summed E-state index contributed by atoms with van der Waals surface area (Å²) < 4.78 is 0. The number of hydrogen-bond acceptors (Lipinski definition) is 2. The number of hydrogen-bond donors (Lipinski definition) is 2. The Bertz CT molecular complexity index is 421. The van der Waals surface area contributed by atoms with E-state index in [1.807, 2.05) is 13.0 Å². The molecule has 1 saturated carbocycles. The van der Waals surface area contributed by atoms with Crippen molar-refractivity contribution in [3.05, 3.63) is 35.4 Å². The molecule has 2 heteroatoms. The summed E-state index contributed by atoms with van der Waals surface area (Å²) in [5.74, 6) is 1.32. The van der Waals surface area contributed by atoms with Gasteiger partial charge in [0.2, 0.25) is 0 Å². The van der Waals surface area contributed by atoms with Gasteiger partial charge in [0, 0.05) is 0 Å². The second kappa shape index (κ2) is 6.73. The molecule has 1 unspecified atom stereocenters. The minimum absolute atomic E-state index is 0.655. The standard InChI is InChI=1S/C18H29NO/c1-14(2)13-19-12-11-18(3,20)17-10-5-4-9-16(17)15-7-6-8-15/h4-5,9-10,14-15,19-20H,6-8,11-13H2,1-3H3. The van der Waals surface area contributed by atoms with Crippen LogP contribution in [0.1, 0.15) is 63.5 Å². The second-order valence-corrected chi connectivity index (χ2v) is 6.84. The second-order valence-electron chi connectivity index (χ2n) is 6.84. The number of benzene rings is 1. The van der Waals surface area contributed by atoms with E-state index in [9.17, 15) is 5.11 Å². The molecule has 0 radical (unpaired) electrons. The van der Waals surface area contributed by atoms with Gasteiger partial charge in [0.1, 0.15) is 0 Å². The molecule has 112 valence electrons. The summed E-state index contributed by atoms with van der Waals surface area (Å²) >= 11 is 0. The highest BCUT2D eigenvalue weighted by atomic mass is 16.3. The largest absolute Gasteiger partial charge is 0.385 e. The quantitative estimate of drug-likeness (QED) is 0.742. The van der Waals surface area contributed by atoms with E-state index >= 15 is 0 Å². The summed E-state index contributed by atoms with van der Waals surface area (Å²) in [4.78, 5) is 0. The Morgan fingerprint density at radius 3 is 2.60 bits per heavy atom. The van der Waals surface area contributed by atoms with Crippen LogP contribution in [0.5, 0.6) is 0 Å². The zero-order valence-electron chi connectivity index (χ0n) is 13.2. The summed E-state index contributed by atoms with van der Waals surface area (Å²) in [7, 11) is 0. The van der Waals surface area contributed by atoms with Crippen LogP contribution in [0.25, 0.3) is 0 Å². The van der Waals surface area contributed by atoms with Gasteiger partial charge < -0.3 is 10.4 Å². The van der Waals surface area contributed by atoms with Crippen molar-refractivity contribution in [1.82, 2.24) is 5.32 Å². The van der Waals surface area contributed by atoms with Crippen molar-refractivity contribution >= 4 is 0 Å². The smallest absolute Gasteiger partial charge is 0.0883 e.